The van der Waals surface area contributed by atoms with Gasteiger partial charge in [0, 0.05) is 13.1 Å². The van der Waals surface area contributed by atoms with E-state index in [1.807, 2.05) is 38.4 Å². The number of carbonyl (C=O) groups is 1. The molecule has 0 radical (unpaired) electrons. The number of nitrogens with one attached hydrogen (secondary N) is 1. The van der Waals surface area contributed by atoms with E-state index in [4.69, 9.17) is 4.74 Å². The smallest absolute Gasteiger partial charge is 0.252 e. The summed E-state index contributed by atoms with van der Waals surface area (Å²) in [7, 11) is 4.09. The molecule has 0 bridgehead atoms. The molecule has 128 valence electrons. The van der Waals surface area contributed by atoms with Crippen LogP contribution in [-0.2, 0) is 11.3 Å². The van der Waals surface area contributed by atoms with Gasteiger partial charge in [-0.1, -0.05) is 12.1 Å². The van der Waals surface area contributed by atoms with E-state index in [1.165, 1.54) is 0 Å². The fourth-order valence-corrected chi connectivity index (χ4v) is 2.81. The number of hydrogen-bond donors (Lipinski definition) is 2. The van der Waals surface area contributed by atoms with Crippen LogP contribution in [0.4, 0.5) is 0 Å². The van der Waals surface area contributed by atoms with E-state index in [9.17, 15) is 9.90 Å². The first-order valence-corrected chi connectivity index (χ1v) is 8.37. The molecule has 0 aliphatic heterocycles. The maximum Gasteiger partial charge on any atom is 0.252 e. The van der Waals surface area contributed by atoms with Crippen LogP contribution in [0.15, 0.2) is 24.3 Å². The van der Waals surface area contributed by atoms with Crippen LogP contribution in [0.3, 0.4) is 0 Å². The Balaban J connectivity index is 1.73. The lowest BCUT2D eigenvalue weighted by molar-refractivity contribution is -0.139. The van der Waals surface area contributed by atoms with Gasteiger partial charge in [-0.15, -0.1) is 0 Å². The second-order valence-corrected chi connectivity index (χ2v) is 6.57. The zero-order chi connectivity index (χ0) is 16.7. The number of benzene rings is 1. The van der Waals surface area contributed by atoms with Crippen molar-refractivity contribution < 1.29 is 14.6 Å². The van der Waals surface area contributed by atoms with Crippen LogP contribution in [0.25, 0.3) is 0 Å². The molecule has 1 aliphatic carbocycles. The number of amides is 1. The van der Waals surface area contributed by atoms with E-state index in [0.717, 1.165) is 37.1 Å². The van der Waals surface area contributed by atoms with Gasteiger partial charge in [0.15, 0.2) is 0 Å². The van der Waals surface area contributed by atoms with Crippen LogP contribution >= 0.6 is 0 Å². The largest absolute Gasteiger partial charge is 0.494 e. The Bertz CT molecular complexity index is 493. The Morgan fingerprint density at radius 3 is 2.52 bits per heavy atom. The third-order valence-electron chi connectivity index (χ3n) is 4.25. The molecule has 5 heteroatoms. The van der Waals surface area contributed by atoms with Gasteiger partial charge in [0.05, 0.1) is 6.61 Å². The number of rotatable bonds is 8. The summed E-state index contributed by atoms with van der Waals surface area (Å²) in [6, 6.07) is 7.73. The Hall–Kier alpha value is -1.59. The van der Waals surface area contributed by atoms with Crippen LogP contribution < -0.4 is 10.1 Å². The van der Waals surface area contributed by atoms with E-state index in [1.54, 1.807) is 0 Å². The van der Waals surface area contributed by atoms with Crippen molar-refractivity contribution in [3.8, 4) is 5.75 Å². The summed E-state index contributed by atoms with van der Waals surface area (Å²) in [4.78, 5) is 14.2. The molecular formula is C18H28N2O3. The quantitative estimate of drug-likeness (QED) is 0.719. The number of hydrogen-bond acceptors (Lipinski definition) is 4. The van der Waals surface area contributed by atoms with Crippen LogP contribution in [0.1, 0.15) is 37.7 Å². The molecule has 0 spiro atoms. The molecule has 2 N–H and O–H groups in total. The summed E-state index contributed by atoms with van der Waals surface area (Å²) in [5, 5.41) is 13.0. The molecule has 0 saturated heterocycles. The van der Waals surface area contributed by atoms with Crippen LogP contribution in [0, 0.1) is 0 Å². The molecule has 1 aliphatic rings. The van der Waals surface area contributed by atoms with Crippen molar-refractivity contribution >= 4 is 5.91 Å². The Labute approximate surface area is 138 Å². The Morgan fingerprint density at radius 1 is 1.26 bits per heavy atom. The molecule has 2 rings (SSSR count). The van der Waals surface area contributed by atoms with Crippen molar-refractivity contribution in [3.05, 3.63) is 29.8 Å². The molecule has 5 nitrogen and oxygen atoms in total. The molecule has 0 heterocycles. The van der Waals surface area contributed by atoms with Crippen LogP contribution in [0.2, 0.25) is 0 Å². The van der Waals surface area contributed by atoms with E-state index >= 15 is 0 Å². The minimum atomic E-state index is -1.16. The highest BCUT2D eigenvalue weighted by Crippen LogP contribution is 2.29. The van der Waals surface area contributed by atoms with E-state index in [0.29, 0.717) is 26.0 Å². The van der Waals surface area contributed by atoms with Gasteiger partial charge in [-0.05, 0) is 63.9 Å². The highest BCUT2D eigenvalue weighted by molar-refractivity contribution is 5.85. The SMILES string of the molecule is CN(C)CCCOc1ccc(CNC(=O)C2(O)CCCC2)cc1. The van der Waals surface area contributed by atoms with Gasteiger partial charge in [-0.25, -0.2) is 0 Å². The average Bonchev–Trinajstić information content (AvgIpc) is 2.98. The van der Waals surface area contributed by atoms with Crippen molar-refractivity contribution in [1.29, 1.82) is 0 Å². The molecule has 0 unspecified atom stereocenters. The summed E-state index contributed by atoms with van der Waals surface area (Å²) < 4.78 is 5.68. The van der Waals surface area contributed by atoms with Gasteiger partial charge in [0.25, 0.3) is 5.91 Å². The number of ether oxygens (including phenoxy) is 1. The standard InChI is InChI=1S/C18H28N2O3/c1-20(2)12-5-13-23-16-8-6-15(7-9-16)14-19-17(21)18(22)10-3-4-11-18/h6-9,22H,3-5,10-14H2,1-2H3,(H,19,21). The summed E-state index contributed by atoms with van der Waals surface area (Å²) >= 11 is 0. The third-order valence-corrected chi connectivity index (χ3v) is 4.25. The van der Waals surface area contributed by atoms with E-state index in [-0.39, 0.29) is 5.91 Å². The first kappa shape index (κ1) is 17.8. The van der Waals surface area contributed by atoms with Gasteiger partial charge < -0.3 is 20.1 Å². The fraction of sp³-hybridized carbons (Fsp3) is 0.611. The van der Waals surface area contributed by atoms with Crippen molar-refractivity contribution in [2.24, 2.45) is 0 Å². The minimum Gasteiger partial charge on any atom is -0.494 e. The van der Waals surface area contributed by atoms with E-state index in [2.05, 4.69) is 10.2 Å². The van der Waals surface area contributed by atoms with Crippen molar-refractivity contribution in [3.63, 3.8) is 0 Å². The van der Waals surface area contributed by atoms with Gasteiger partial charge >= 0.3 is 0 Å². The lowest BCUT2D eigenvalue weighted by Gasteiger charge is -2.20. The second-order valence-electron chi connectivity index (χ2n) is 6.57. The highest BCUT2D eigenvalue weighted by Gasteiger charge is 2.38. The normalized spacial score (nSPS) is 16.5. The molecule has 1 saturated carbocycles. The molecule has 1 aromatic carbocycles. The van der Waals surface area contributed by atoms with E-state index < -0.39 is 5.60 Å². The molecule has 1 aromatic rings. The average molecular weight is 320 g/mol. The maximum atomic E-state index is 12.0. The van der Waals surface area contributed by atoms with Crippen molar-refractivity contribution in [2.45, 2.75) is 44.2 Å². The molecule has 1 fully saturated rings. The predicted molar refractivity (Wildman–Crippen MR) is 90.4 cm³/mol. The second kappa shape index (κ2) is 8.31. The lowest BCUT2D eigenvalue weighted by Crippen LogP contribution is -2.44. The Kier molecular flexibility index (Phi) is 6.42. The lowest BCUT2D eigenvalue weighted by atomic mass is 10.0. The summed E-state index contributed by atoms with van der Waals surface area (Å²) in [6.07, 6.45) is 3.97. The van der Waals surface area contributed by atoms with Gasteiger partial charge in [0.2, 0.25) is 0 Å². The molecular weight excluding hydrogens is 292 g/mol. The predicted octanol–water partition coefficient (Wildman–Crippen LogP) is 1.94. The Morgan fingerprint density at radius 2 is 1.91 bits per heavy atom. The van der Waals surface area contributed by atoms with Gasteiger partial charge in [-0.3, -0.25) is 4.79 Å². The molecule has 23 heavy (non-hydrogen) atoms. The summed E-state index contributed by atoms with van der Waals surface area (Å²) in [6.45, 7) is 2.14. The highest BCUT2D eigenvalue weighted by atomic mass is 16.5. The zero-order valence-electron chi connectivity index (χ0n) is 14.2. The number of nitrogens with zero attached hydrogens (tertiary/aromatic N) is 1. The summed E-state index contributed by atoms with van der Waals surface area (Å²) in [5.74, 6) is 0.590. The monoisotopic (exact) mass is 320 g/mol. The van der Waals surface area contributed by atoms with Crippen molar-refractivity contribution in [2.75, 3.05) is 27.2 Å². The van der Waals surface area contributed by atoms with Crippen LogP contribution in [0.5, 0.6) is 5.75 Å². The fourth-order valence-electron chi connectivity index (χ4n) is 2.81. The maximum absolute atomic E-state index is 12.0. The minimum absolute atomic E-state index is 0.251. The zero-order valence-corrected chi connectivity index (χ0v) is 14.2. The first-order chi connectivity index (χ1) is 11.0. The summed E-state index contributed by atoms with van der Waals surface area (Å²) in [5.41, 5.74) is -0.157. The van der Waals surface area contributed by atoms with Crippen LogP contribution in [-0.4, -0.2) is 48.8 Å². The topological polar surface area (TPSA) is 61.8 Å². The molecule has 0 atom stereocenters. The first-order valence-electron chi connectivity index (χ1n) is 8.37. The third kappa shape index (κ3) is 5.52. The van der Waals surface area contributed by atoms with Crippen molar-refractivity contribution in [1.82, 2.24) is 10.2 Å². The van der Waals surface area contributed by atoms with Gasteiger partial charge in [-0.2, -0.15) is 0 Å². The number of carbonyl (C=O) groups excluding carboxylic acids is 1. The van der Waals surface area contributed by atoms with Gasteiger partial charge in [0.1, 0.15) is 11.4 Å². The molecule has 1 amide bonds. The number of aliphatic hydroxyl groups is 1. The molecule has 0 aromatic heterocycles.